The molecule has 0 amide bonds. The highest BCUT2D eigenvalue weighted by atomic mass is 35.5. The van der Waals surface area contributed by atoms with E-state index >= 15 is 0 Å². The van der Waals surface area contributed by atoms with Crippen LogP contribution in [0.2, 0.25) is 5.02 Å². The molecule has 0 aliphatic carbocycles. The highest BCUT2D eigenvalue weighted by Crippen LogP contribution is 2.27. The average Bonchev–Trinajstić information content (AvgIpc) is 2.08. The molecule has 1 aromatic rings. The molecule has 0 fully saturated rings. The van der Waals surface area contributed by atoms with E-state index in [9.17, 15) is 18.0 Å². The summed E-state index contributed by atoms with van der Waals surface area (Å²) < 4.78 is 37.5. The van der Waals surface area contributed by atoms with Gasteiger partial charge < -0.3 is 0 Å². The fourth-order valence-electron chi connectivity index (χ4n) is 0.832. The van der Waals surface area contributed by atoms with Gasteiger partial charge in [-0.25, -0.2) is 13.2 Å². The number of rotatable bonds is 2. The Morgan fingerprint density at radius 3 is 2.50 bits per heavy atom. The molecule has 0 aliphatic rings. The minimum Gasteiger partial charge on any atom is -0.275 e. The van der Waals surface area contributed by atoms with Crippen molar-refractivity contribution in [3.8, 4) is 0 Å². The lowest BCUT2D eigenvalue weighted by molar-refractivity contribution is 0.105. The molecular formula is C7H2Cl2F3NO. The van der Waals surface area contributed by atoms with Crippen LogP contribution in [0.3, 0.4) is 0 Å². The zero-order valence-corrected chi connectivity index (χ0v) is 7.91. The number of hydrogen-bond acceptors (Lipinski definition) is 2. The van der Waals surface area contributed by atoms with Gasteiger partial charge in [0.2, 0.25) is 0 Å². The Hall–Kier alpha value is -0.810. The summed E-state index contributed by atoms with van der Waals surface area (Å²) in [6.45, 7) is 0. The molecule has 1 aromatic heterocycles. The van der Waals surface area contributed by atoms with E-state index in [1.165, 1.54) is 0 Å². The molecule has 1 heterocycles. The third kappa shape index (κ3) is 1.99. The van der Waals surface area contributed by atoms with Crippen molar-refractivity contribution in [2.75, 3.05) is 0 Å². The lowest BCUT2D eigenvalue weighted by Gasteiger charge is -2.05. The third-order valence-corrected chi connectivity index (χ3v) is 1.86. The van der Waals surface area contributed by atoms with Crippen LogP contribution >= 0.6 is 23.2 Å². The topological polar surface area (TPSA) is 30.0 Å². The second kappa shape index (κ2) is 4.14. The van der Waals surface area contributed by atoms with Gasteiger partial charge in [0.1, 0.15) is 5.69 Å². The standard InChI is InChI=1S/C7H2Cl2F3NO/c8-2-1-13-5(7(11)12)3(4(2)10)6(9)14/h1,7H. The van der Waals surface area contributed by atoms with E-state index in [-0.39, 0.29) is 0 Å². The van der Waals surface area contributed by atoms with Gasteiger partial charge in [-0.2, -0.15) is 0 Å². The van der Waals surface area contributed by atoms with Crippen LogP contribution in [-0.4, -0.2) is 10.2 Å². The first kappa shape index (κ1) is 11.3. The maximum atomic E-state index is 13.1. The van der Waals surface area contributed by atoms with Crippen LogP contribution in [0.15, 0.2) is 6.20 Å². The first-order chi connectivity index (χ1) is 6.45. The van der Waals surface area contributed by atoms with E-state index in [0.717, 1.165) is 0 Å². The van der Waals surface area contributed by atoms with E-state index in [2.05, 4.69) is 4.98 Å². The summed E-state index contributed by atoms with van der Waals surface area (Å²) in [6.07, 6.45) is -2.39. The maximum Gasteiger partial charge on any atom is 0.281 e. The van der Waals surface area contributed by atoms with Gasteiger partial charge in [-0.15, -0.1) is 0 Å². The van der Waals surface area contributed by atoms with E-state index < -0.39 is 33.8 Å². The molecule has 0 spiro atoms. The predicted octanol–water partition coefficient (Wildman–Crippen LogP) is 3.19. The molecule has 2 nitrogen and oxygen atoms in total. The van der Waals surface area contributed by atoms with E-state index in [4.69, 9.17) is 23.2 Å². The molecule has 0 saturated heterocycles. The summed E-state index contributed by atoms with van der Waals surface area (Å²) in [5.41, 5.74) is -1.99. The molecule has 0 unspecified atom stereocenters. The fourth-order valence-corrected chi connectivity index (χ4v) is 1.15. The van der Waals surface area contributed by atoms with Crippen LogP contribution in [0.4, 0.5) is 13.2 Å². The average molecular weight is 244 g/mol. The Kier molecular flexibility index (Phi) is 3.34. The van der Waals surface area contributed by atoms with Crippen molar-refractivity contribution in [3.63, 3.8) is 0 Å². The molecule has 7 heteroatoms. The van der Waals surface area contributed by atoms with Crippen molar-refractivity contribution in [2.24, 2.45) is 0 Å². The van der Waals surface area contributed by atoms with Crippen molar-refractivity contribution in [2.45, 2.75) is 6.43 Å². The van der Waals surface area contributed by atoms with Crippen LogP contribution in [-0.2, 0) is 0 Å². The molecule has 0 saturated carbocycles. The summed E-state index contributed by atoms with van der Waals surface area (Å²) in [4.78, 5) is 13.8. The largest absolute Gasteiger partial charge is 0.281 e. The van der Waals surface area contributed by atoms with E-state index in [0.29, 0.717) is 6.20 Å². The van der Waals surface area contributed by atoms with E-state index in [1.807, 2.05) is 0 Å². The van der Waals surface area contributed by atoms with Gasteiger partial charge in [-0.1, -0.05) is 11.6 Å². The predicted molar refractivity (Wildman–Crippen MR) is 44.3 cm³/mol. The zero-order chi connectivity index (χ0) is 10.9. The normalized spacial score (nSPS) is 10.7. The Labute approximate surface area is 86.6 Å². The quantitative estimate of drug-likeness (QED) is 0.747. The Balaban J connectivity index is 3.45. The van der Waals surface area contributed by atoms with Crippen molar-refractivity contribution >= 4 is 28.4 Å². The molecular weight excluding hydrogens is 242 g/mol. The van der Waals surface area contributed by atoms with Gasteiger partial charge in [-0.05, 0) is 11.6 Å². The van der Waals surface area contributed by atoms with Gasteiger partial charge in [0.15, 0.2) is 5.82 Å². The third-order valence-electron chi connectivity index (χ3n) is 1.41. The fraction of sp³-hybridized carbons (Fsp3) is 0.143. The van der Waals surface area contributed by atoms with Crippen molar-refractivity contribution in [1.29, 1.82) is 0 Å². The van der Waals surface area contributed by atoms with Crippen molar-refractivity contribution < 1.29 is 18.0 Å². The molecule has 1 rings (SSSR count). The van der Waals surface area contributed by atoms with Crippen molar-refractivity contribution in [3.05, 3.63) is 28.3 Å². The van der Waals surface area contributed by atoms with Crippen LogP contribution in [0.1, 0.15) is 22.5 Å². The Morgan fingerprint density at radius 1 is 1.50 bits per heavy atom. The van der Waals surface area contributed by atoms with Crippen LogP contribution in [0, 0.1) is 5.82 Å². The number of hydrogen-bond donors (Lipinski definition) is 0. The molecule has 14 heavy (non-hydrogen) atoms. The SMILES string of the molecule is O=C(Cl)c1c(C(F)F)ncc(Cl)c1F. The number of aromatic nitrogens is 1. The number of pyridine rings is 1. The summed E-state index contributed by atoms with van der Waals surface area (Å²) in [7, 11) is 0. The lowest BCUT2D eigenvalue weighted by atomic mass is 10.2. The zero-order valence-electron chi connectivity index (χ0n) is 6.40. The molecule has 76 valence electrons. The van der Waals surface area contributed by atoms with Crippen LogP contribution in [0.25, 0.3) is 0 Å². The first-order valence-corrected chi connectivity index (χ1v) is 4.02. The summed E-state index contributed by atoms with van der Waals surface area (Å²) >= 11 is 10.2. The van der Waals surface area contributed by atoms with Crippen LogP contribution in [0.5, 0.6) is 0 Å². The Morgan fingerprint density at radius 2 is 2.07 bits per heavy atom. The number of alkyl halides is 2. The highest BCUT2D eigenvalue weighted by molar-refractivity contribution is 6.68. The van der Waals surface area contributed by atoms with Gasteiger partial charge in [0, 0.05) is 6.20 Å². The minimum atomic E-state index is -3.08. The van der Waals surface area contributed by atoms with Gasteiger partial charge in [-0.3, -0.25) is 9.78 Å². The molecule has 0 bridgehead atoms. The minimum absolute atomic E-state index is 0.529. The second-order valence-corrected chi connectivity index (χ2v) is 3.01. The summed E-state index contributed by atoms with van der Waals surface area (Å²) in [6, 6.07) is 0. The maximum absolute atomic E-state index is 13.1. The highest BCUT2D eigenvalue weighted by Gasteiger charge is 2.24. The van der Waals surface area contributed by atoms with Gasteiger partial charge in [0.25, 0.3) is 11.7 Å². The Bertz CT molecular complexity index is 383. The number of nitrogens with zero attached hydrogens (tertiary/aromatic N) is 1. The second-order valence-electron chi connectivity index (χ2n) is 2.25. The van der Waals surface area contributed by atoms with Crippen LogP contribution < -0.4 is 0 Å². The molecule has 0 aromatic carbocycles. The summed E-state index contributed by atoms with van der Waals surface area (Å²) in [5, 5.41) is -1.88. The van der Waals surface area contributed by atoms with Gasteiger partial charge >= 0.3 is 0 Å². The van der Waals surface area contributed by atoms with Gasteiger partial charge in [0.05, 0.1) is 10.6 Å². The van der Waals surface area contributed by atoms with E-state index in [1.54, 1.807) is 0 Å². The number of carbonyl (C=O) groups is 1. The number of carbonyl (C=O) groups excluding carboxylic acids is 1. The first-order valence-electron chi connectivity index (χ1n) is 3.27. The lowest BCUT2D eigenvalue weighted by Crippen LogP contribution is -2.05. The molecule has 0 N–H and O–H groups in total. The monoisotopic (exact) mass is 243 g/mol. The molecule has 0 aliphatic heterocycles. The number of halogens is 5. The molecule has 0 radical (unpaired) electrons. The van der Waals surface area contributed by atoms with Crippen molar-refractivity contribution in [1.82, 2.24) is 4.98 Å². The summed E-state index contributed by atoms with van der Waals surface area (Å²) in [5.74, 6) is -1.28. The smallest absolute Gasteiger partial charge is 0.275 e. The molecule has 0 atom stereocenters.